The number of ether oxygens (including phenoxy) is 2. The number of carbonyl (C=O) groups excluding carboxylic acids is 1. The van der Waals surface area contributed by atoms with Crippen LogP contribution < -0.4 is 4.74 Å². The molecular weight excluding hydrogens is 448 g/mol. The van der Waals surface area contributed by atoms with Crippen LogP contribution in [0.15, 0.2) is 35.7 Å². The van der Waals surface area contributed by atoms with Gasteiger partial charge in [0.05, 0.1) is 25.3 Å². The number of terminal acetylenes is 1. The van der Waals surface area contributed by atoms with Crippen molar-refractivity contribution in [2.24, 2.45) is 5.92 Å². The Morgan fingerprint density at radius 2 is 2.24 bits per heavy atom. The Labute approximate surface area is 206 Å². The lowest BCUT2D eigenvalue weighted by Gasteiger charge is -2.37. The Hall–Kier alpha value is -2.37. The highest BCUT2D eigenvalue weighted by atomic mass is 32.1. The minimum atomic E-state index is -0.676. The average molecular weight is 483 g/mol. The molecule has 2 atom stereocenters. The molecule has 1 N–H and O–H groups in total. The normalized spacial score (nSPS) is 18.4. The summed E-state index contributed by atoms with van der Waals surface area (Å²) in [6, 6.07) is 10.0. The van der Waals surface area contributed by atoms with Gasteiger partial charge in [-0.2, -0.15) is 0 Å². The van der Waals surface area contributed by atoms with Crippen LogP contribution in [-0.2, 0) is 16.0 Å². The third-order valence-electron chi connectivity index (χ3n) is 6.35. The van der Waals surface area contributed by atoms with Crippen molar-refractivity contribution in [2.45, 2.75) is 38.3 Å². The van der Waals surface area contributed by atoms with Gasteiger partial charge in [0.25, 0.3) is 0 Å². The number of aryl methyl sites for hydroxylation is 1. The van der Waals surface area contributed by atoms with Gasteiger partial charge in [-0.05, 0) is 66.8 Å². The van der Waals surface area contributed by atoms with Crippen molar-refractivity contribution in [1.82, 2.24) is 9.80 Å². The van der Waals surface area contributed by atoms with E-state index in [1.54, 1.807) is 11.3 Å². The lowest BCUT2D eigenvalue weighted by Crippen LogP contribution is -2.48. The molecule has 4 rings (SSSR count). The maximum absolute atomic E-state index is 13.6. The van der Waals surface area contributed by atoms with Crippen LogP contribution in [0.5, 0.6) is 5.75 Å². The smallest absolute Gasteiger partial charge is 0.237 e. The van der Waals surface area contributed by atoms with Crippen LogP contribution in [0.2, 0.25) is 0 Å². The molecule has 6 nitrogen and oxygen atoms in total. The third kappa shape index (κ3) is 6.83. The summed E-state index contributed by atoms with van der Waals surface area (Å²) >= 11 is 1.75. The summed E-state index contributed by atoms with van der Waals surface area (Å²) in [4.78, 5) is 18.9. The Balaban J connectivity index is 1.42. The first-order chi connectivity index (χ1) is 16.5. The molecule has 1 aromatic carbocycles. The van der Waals surface area contributed by atoms with E-state index in [-0.39, 0.29) is 31.7 Å². The van der Waals surface area contributed by atoms with Crippen LogP contribution in [0.4, 0.5) is 0 Å². The highest BCUT2D eigenvalue weighted by Crippen LogP contribution is 2.34. The predicted molar refractivity (Wildman–Crippen MR) is 134 cm³/mol. The van der Waals surface area contributed by atoms with Gasteiger partial charge in [0, 0.05) is 24.5 Å². The van der Waals surface area contributed by atoms with Crippen LogP contribution in [0, 0.1) is 25.2 Å². The van der Waals surface area contributed by atoms with Crippen LogP contribution >= 0.6 is 11.3 Å². The largest absolute Gasteiger partial charge is 0.491 e. The monoisotopic (exact) mass is 482 g/mol. The molecule has 1 aromatic heterocycles. The zero-order valence-corrected chi connectivity index (χ0v) is 20.6. The summed E-state index contributed by atoms with van der Waals surface area (Å²) in [6.07, 6.45) is 7.78. The van der Waals surface area contributed by atoms with Crippen LogP contribution in [0.3, 0.4) is 0 Å². The topological polar surface area (TPSA) is 62.2 Å². The van der Waals surface area contributed by atoms with E-state index in [1.807, 2.05) is 36.1 Å². The predicted octanol–water partition coefficient (Wildman–Crippen LogP) is 3.28. The van der Waals surface area contributed by atoms with Gasteiger partial charge in [-0.3, -0.25) is 9.69 Å². The first-order valence-electron chi connectivity index (χ1n) is 12.0. The molecule has 1 aliphatic heterocycles. The number of rotatable bonds is 12. The minimum absolute atomic E-state index is 0.0760. The van der Waals surface area contributed by atoms with Crippen LogP contribution in [0.25, 0.3) is 0 Å². The minimum Gasteiger partial charge on any atom is -0.491 e. The van der Waals surface area contributed by atoms with Gasteiger partial charge in [0.15, 0.2) is 0 Å². The highest BCUT2D eigenvalue weighted by molar-refractivity contribution is 7.10. The molecule has 2 heterocycles. The molecule has 1 amide bonds. The van der Waals surface area contributed by atoms with Gasteiger partial charge in [-0.15, -0.1) is 17.8 Å². The summed E-state index contributed by atoms with van der Waals surface area (Å²) < 4.78 is 11.4. The number of benzene rings is 1. The van der Waals surface area contributed by atoms with E-state index < -0.39 is 6.10 Å². The van der Waals surface area contributed by atoms with Crippen molar-refractivity contribution in [1.29, 1.82) is 0 Å². The first kappa shape index (κ1) is 24.7. The Morgan fingerprint density at radius 3 is 3.00 bits per heavy atom. The van der Waals surface area contributed by atoms with Crippen molar-refractivity contribution in [3.63, 3.8) is 0 Å². The Kier molecular flexibility index (Phi) is 8.63. The molecule has 1 aliphatic carbocycles. The van der Waals surface area contributed by atoms with Gasteiger partial charge in [0.1, 0.15) is 19.0 Å². The summed E-state index contributed by atoms with van der Waals surface area (Å²) in [7, 11) is 0. The van der Waals surface area contributed by atoms with Crippen molar-refractivity contribution in [3.8, 4) is 18.1 Å². The van der Waals surface area contributed by atoms with Crippen molar-refractivity contribution >= 4 is 17.2 Å². The van der Waals surface area contributed by atoms with Crippen molar-refractivity contribution in [2.75, 3.05) is 46.0 Å². The number of carbonyl (C=O) groups is 1. The van der Waals surface area contributed by atoms with Crippen LogP contribution in [0.1, 0.15) is 34.9 Å². The molecule has 7 heteroatoms. The van der Waals surface area contributed by atoms with Crippen molar-refractivity contribution < 1.29 is 19.4 Å². The quantitative estimate of drug-likeness (QED) is 0.372. The zero-order valence-electron chi connectivity index (χ0n) is 19.8. The molecule has 2 aromatic rings. The number of amides is 1. The van der Waals surface area contributed by atoms with E-state index in [9.17, 15) is 9.90 Å². The molecule has 1 fully saturated rings. The van der Waals surface area contributed by atoms with Crippen molar-refractivity contribution in [3.05, 3.63) is 51.7 Å². The SMILES string of the molecule is C#CCOCC(O)CN(CC(=O)N1CCc2sccc2C1COc1cccc(C)c1)CC1CC1. The molecule has 182 valence electrons. The van der Waals surface area contributed by atoms with E-state index in [0.29, 0.717) is 25.6 Å². The molecule has 0 saturated heterocycles. The fraction of sp³-hybridized carbons (Fsp3) is 0.519. The summed E-state index contributed by atoms with van der Waals surface area (Å²) in [5.74, 6) is 3.92. The number of aliphatic hydroxyl groups is 1. The average Bonchev–Trinajstić information content (AvgIpc) is 3.49. The molecule has 0 radical (unpaired) electrons. The van der Waals surface area contributed by atoms with Gasteiger partial charge in [-0.1, -0.05) is 18.1 Å². The fourth-order valence-electron chi connectivity index (χ4n) is 4.51. The lowest BCUT2D eigenvalue weighted by molar-refractivity contribution is -0.136. The third-order valence-corrected chi connectivity index (χ3v) is 7.35. The number of nitrogens with zero attached hydrogens (tertiary/aromatic N) is 2. The second-order valence-corrected chi connectivity index (χ2v) is 10.3. The standard InChI is InChI=1S/C27H34N2O4S/c1-3-12-32-18-22(30)16-28(15-21-7-8-21)17-27(31)29-11-9-26-24(10-13-34-26)25(29)19-33-23-6-4-5-20(2)14-23/h1,4-6,10,13-14,21-22,25,30H,7-9,11-12,15-19H2,2H3. The number of fused-ring (bicyclic) bond motifs is 1. The maximum Gasteiger partial charge on any atom is 0.237 e. The highest BCUT2D eigenvalue weighted by Gasteiger charge is 2.34. The summed E-state index contributed by atoms with van der Waals surface area (Å²) in [5.41, 5.74) is 2.33. The molecule has 2 unspecified atom stereocenters. The number of aliphatic hydroxyl groups excluding tert-OH is 1. The molecule has 2 aliphatic rings. The van der Waals surface area contributed by atoms with E-state index in [0.717, 1.165) is 24.3 Å². The molecule has 34 heavy (non-hydrogen) atoms. The maximum atomic E-state index is 13.6. The van der Waals surface area contributed by atoms with Gasteiger partial charge in [0.2, 0.25) is 5.91 Å². The lowest BCUT2D eigenvalue weighted by atomic mass is 10.0. The van der Waals surface area contributed by atoms with E-state index in [1.165, 1.54) is 23.3 Å². The van der Waals surface area contributed by atoms with E-state index in [4.69, 9.17) is 15.9 Å². The van der Waals surface area contributed by atoms with Crippen LogP contribution in [-0.4, -0.2) is 72.9 Å². The molecule has 1 saturated carbocycles. The second kappa shape index (κ2) is 11.9. The Morgan fingerprint density at radius 1 is 1.38 bits per heavy atom. The Bertz CT molecular complexity index is 997. The number of thiophene rings is 1. The fourth-order valence-corrected chi connectivity index (χ4v) is 5.44. The number of hydrogen-bond donors (Lipinski definition) is 1. The molecular formula is C27H34N2O4S. The van der Waals surface area contributed by atoms with Gasteiger partial charge >= 0.3 is 0 Å². The molecule has 0 bridgehead atoms. The van der Waals surface area contributed by atoms with E-state index in [2.05, 4.69) is 22.3 Å². The number of hydrogen-bond acceptors (Lipinski definition) is 6. The first-order valence-corrected chi connectivity index (χ1v) is 12.9. The molecule has 0 spiro atoms. The summed E-state index contributed by atoms with van der Waals surface area (Å²) in [6.45, 7) is 4.99. The zero-order chi connectivity index (χ0) is 23.9. The van der Waals surface area contributed by atoms with Gasteiger partial charge < -0.3 is 19.5 Å². The second-order valence-electron chi connectivity index (χ2n) is 9.29. The summed E-state index contributed by atoms with van der Waals surface area (Å²) in [5, 5.41) is 12.5. The van der Waals surface area contributed by atoms with Gasteiger partial charge in [-0.25, -0.2) is 0 Å². The van der Waals surface area contributed by atoms with E-state index >= 15 is 0 Å².